The zero-order chi connectivity index (χ0) is 19.9. The molecule has 1 aliphatic rings. The van der Waals surface area contributed by atoms with E-state index in [1.807, 2.05) is 28.5 Å². The van der Waals surface area contributed by atoms with Gasteiger partial charge in [-0.25, -0.2) is 0 Å². The van der Waals surface area contributed by atoms with Gasteiger partial charge < -0.3 is 18.9 Å². The average Bonchev–Trinajstić information content (AvgIpc) is 3.20. The van der Waals surface area contributed by atoms with Crippen LogP contribution in [0.1, 0.15) is 12.5 Å². The summed E-state index contributed by atoms with van der Waals surface area (Å²) in [5, 5.41) is 8.76. The molecule has 0 bridgehead atoms. The van der Waals surface area contributed by atoms with Gasteiger partial charge in [-0.15, -0.1) is 10.2 Å². The first-order valence-corrected chi connectivity index (χ1v) is 10.3. The second kappa shape index (κ2) is 9.79. The molecule has 0 unspecified atom stereocenters. The summed E-state index contributed by atoms with van der Waals surface area (Å²) in [4.78, 5) is 16.8. The summed E-state index contributed by atoms with van der Waals surface area (Å²) in [7, 11) is 3.28. The van der Waals surface area contributed by atoms with Crippen LogP contribution in [-0.2, 0) is 17.9 Å². The number of piperazine rings is 1. The maximum Gasteiger partial charge on any atom is 0.233 e. The smallest absolute Gasteiger partial charge is 0.233 e. The molecule has 8 nitrogen and oxygen atoms in total. The monoisotopic (exact) mass is 405 g/mol. The third-order valence-electron chi connectivity index (χ3n) is 4.82. The highest BCUT2D eigenvalue weighted by Gasteiger charge is 2.22. The molecular formula is C19H27N5O3S. The molecule has 28 heavy (non-hydrogen) atoms. The Hall–Kier alpha value is -2.26. The van der Waals surface area contributed by atoms with Crippen molar-refractivity contribution in [3.8, 4) is 11.5 Å². The largest absolute Gasteiger partial charge is 0.493 e. The summed E-state index contributed by atoms with van der Waals surface area (Å²) in [6, 6.07) is 6.00. The fraction of sp³-hybridized carbons (Fsp3) is 0.526. The van der Waals surface area contributed by atoms with Crippen LogP contribution in [-0.4, -0.2) is 76.6 Å². The number of benzene rings is 1. The van der Waals surface area contributed by atoms with Gasteiger partial charge in [0, 0.05) is 39.3 Å². The summed E-state index contributed by atoms with van der Waals surface area (Å²) < 4.78 is 12.6. The lowest BCUT2D eigenvalue weighted by Gasteiger charge is -2.34. The normalized spacial score (nSPS) is 14.9. The number of carbonyl (C=O) groups excluding carboxylic acids is 1. The average molecular weight is 406 g/mol. The number of ether oxygens (including phenoxy) is 2. The molecule has 0 spiro atoms. The van der Waals surface area contributed by atoms with E-state index in [0.29, 0.717) is 5.75 Å². The topological polar surface area (TPSA) is 72.7 Å². The van der Waals surface area contributed by atoms with E-state index in [9.17, 15) is 4.79 Å². The predicted molar refractivity (Wildman–Crippen MR) is 108 cm³/mol. The molecule has 3 rings (SSSR count). The van der Waals surface area contributed by atoms with Gasteiger partial charge in [0.15, 0.2) is 16.7 Å². The summed E-state index contributed by atoms with van der Waals surface area (Å²) in [5.74, 6) is 2.03. The van der Waals surface area contributed by atoms with E-state index in [1.165, 1.54) is 17.3 Å². The van der Waals surface area contributed by atoms with Crippen LogP contribution >= 0.6 is 11.8 Å². The van der Waals surface area contributed by atoms with Crippen molar-refractivity contribution < 1.29 is 14.3 Å². The second-order valence-corrected chi connectivity index (χ2v) is 7.48. The van der Waals surface area contributed by atoms with Gasteiger partial charge in [0.05, 0.1) is 20.0 Å². The molecule has 0 aliphatic carbocycles. The van der Waals surface area contributed by atoms with Crippen molar-refractivity contribution in [2.75, 3.05) is 46.2 Å². The maximum absolute atomic E-state index is 12.5. The number of amides is 1. The van der Waals surface area contributed by atoms with Crippen molar-refractivity contribution in [3.05, 3.63) is 30.1 Å². The lowest BCUT2D eigenvalue weighted by atomic mass is 10.1. The van der Waals surface area contributed by atoms with Crippen LogP contribution in [0.5, 0.6) is 11.5 Å². The zero-order valence-corrected chi connectivity index (χ0v) is 17.4. The van der Waals surface area contributed by atoms with Gasteiger partial charge in [0.2, 0.25) is 5.91 Å². The van der Waals surface area contributed by atoms with E-state index in [1.54, 1.807) is 20.5 Å². The van der Waals surface area contributed by atoms with Crippen molar-refractivity contribution >= 4 is 17.7 Å². The van der Waals surface area contributed by atoms with Crippen molar-refractivity contribution in [2.24, 2.45) is 0 Å². The summed E-state index contributed by atoms with van der Waals surface area (Å²) in [6.45, 7) is 6.87. The molecule has 0 radical (unpaired) electrons. The van der Waals surface area contributed by atoms with Crippen molar-refractivity contribution in [3.63, 3.8) is 0 Å². The van der Waals surface area contributed by atoms with Gasteiger partial charge in [0.1, 0.15) is 6.33 Å². The van der Waals surface area contributed by atoms with E-state index < -0.39 is 0 Å². The van der Waals surface area contributed by atoms with Crippen molar-refractivity contribution in [1.29, 1.82) is 0 Å². The Bertz CT molecular complexity index is 790. The Morgan fingerprint density at radius 1 is 1.14 bits per heavy atom. The molecule has 2 aromatic rings. The van der Waals surface area contributed by atoms with Crippen LogP contribution in [0, 0.1) is 0 Å². The molecule has 1 aromatic carbocycles. The van der Waals surface area contributed by atoms with Gasteiger partial charge in [0.25, 0.3) is 0 Å². The van der Waals surface area contributed by atoms with Crippen LogP contribution in [0.3, 0.4) is 0 Å². The molecule has 1 amide bonds. The number of carbonyl (C=O) groups is 1. The minimum atomic E-state index is 0.154. The zero-order valence-electron chi connectivity index (χ0n) is 16.6. The van der Waals surface area contributed by atoms with E-state index in [-0.39, 0.29) is 5.91 Å². The first-order chi connectivity index (χ1) is 13.6. The maximum atomic E-state index is 12.5. The molecular weight excluding hydrogens is 378 g/mol. The number of rotatable bonds is 8. The van der Waals surface area contributed by atoms with Crippen LogP contribution in [0.4, 0.5) is 0 Å². The van der Waals surface area contributed by atoms with Gasteiger partial charge in [-0.05, 0) is 24.6 Å². The molecule has 1 aromatic heterocycles. The second-order valence-electron chi connectivity index (χ2n) is 6.53. The van der Waals surface area contributed by atoms with Crippen LogP contribution in [0.15, 0.2) is 29.7 Å². The minimum absolute atomic E-state index is 0.154. The molecule has 152 valence electrons. The first kappa shape index (κ1) is 20.5. The standard InChI is InChI=1S/C19H27N5O3S/c1-4-23-14-20-21-19(23)28-13-18(25)24-9-7-22(8-10-24)12-15-5-6-16(26-2)17(11-15)27-3/h5-6,11,14H,4,7-10,12-13H2,1-3H3. The van der Waals surface area contributed by atoms with E-state index in [0.717, 1.165) is 55.9 Å². The Balaban J connectivity index is 1.47. The fourth-order valence-corrected chi connectivity index (χ4v) is 4.07. The summed E-state index contributed by atoms with van der Waals surface area (Å²) in [6.07, 6.45) is 1.69. The molecule has 0 atom stereocenters. The van der Waals surface area contributed by atoms with Crippen LogP contribution in [0.2, 0.25) is 0 Å². The fourth-order valence-electron chi connectivity index (χ4n) is 3.18. The number of aryl methyl sites for hydroxylation is 1. The number of aromatic nitrogens is 3. The van der Waals surface area contributed by atoms with E-state index in [2.05, 4.69) is 21.2 Å². The Kier molecular flexibility index (Phi) is 7.16. The van der Waals surface area contributed by atoms with Crippen molar-refractivity contribution in [1.82, 2.24) is 24.6 Å². The first-order valence-electron chi connectivity index (χ1n) is 9.36. The van der Waals surface area contributed by atoms with Crippen LogP contribution < -0.4 is 9.47 Å². The lowest BCUT2D eigenvalue weighted by Crippen LogP contribution is -2.48. The predicted octanol–water partition coefficient (Wildman–Crippen LogP) is 1.75. The number of methoxy groups -OCH3 is 2. The summed E-state index contributed by atoms with van der Waals surface area (Å²) >= 11 is 1.45. The highest BCUT2D eigenvalue weighted by atomic mass is 32.2. The number of thioether (sulfide) groups is 1. The van der Waals surface area contributed by atoms with Gasteiger partial charge >= 0.3 is 0 Å². The molecule has 0 N–H and O–H groups in total. The highest BCUT2D eigenvalue weighted by Crippen LogP contribution is 2.28. The van der Waals surface area contributed by atoms with Crippen molar-refractivity contribution in [2.45, 2.75) is 25.2 Å². The lowest BCUT2D eigenvalue weighted by molar-refractivity contribution is -0.130. The summed E-state index contributed by atoms with van der Waals surface area (Å²) in [5.41, 5.74) is 1.17. The van der Waals surface area contributed by atoms with Crippen LogP contribution in [0.25, 0.3) is 0 Å². The SMILES string of the molecule is CCn1cnnc1SCC(=O)N1CCN(Cc2ccc(OC)c(OC)c2)CC1. The van der Waals surface area contributed by atoms with Gasteiger partial charge in [-0.1, -0.05) is 17.8 Å². The molecule has 1 saturated heterocycles. The van der Waals surface area contributed by atoms with E-state index in [4.69, 9.17) is 9.47 Å². The highest BCUT2D eigenvalue weighted by molar-refractivity contribution is 7.99. The third kappa shape index (κ3) is 4.96. The Morgan fingerprint density at radius 2 is 1.89 bits per heavy atom. The number of hydrogen-bond donors (Lipinski definition) is 0. The van der Waals surface area contributed by atoms with E-state index >= 15 is 0 Å². The quantitative estimate of drug-likeness (QED) is 0.620. The van der Waals surface area contributed by atoms with Gasteiger partial charge in [-0.2, -0.15) is 0 Å². The molecule has 1 fully saturated rings. The van der Waals surface area contributed by atoms with Gasteiger partial charge in [-0.3, -0.25) is 9.69 Å². The minimum Gasteiger partial charge on any atom is -0.493 e. The third-order valence-corrected chi connectivity index (χ3v) is 5.79. The molecule has 2 heterocycles. The molecule has 9 heteroatoms. The number of hydrogen-bond acceptors (Lipinski definition) is 7. The number of nitrogens with zero attached hydrogens (tertiary/aromatic N) is 5. The molecule has 0 saturated carbocycles. The Morgan fingerprint density at radius 3 is 2.57 bits per heavy atom. The molecule has 1 aliphatic heterocycles. The Labute approximate surface area is 169 Å².